The quantitative estimate of drug-likeness (QED) is 0.733. The van der Waals surface area contributed by atoms with E-state index in [0.717, 1.165) is 0 Å². The van der Waals surface area contributed by atoms with Gasteiger partial charge in [-0.15, -0.1) is 0 Å². The van der Waals surface area contributed by atoms with E-state index in [4.69, 9.17) is 10.8 Å². The molecule has 0 aliphatic heterocycles. The van der Waals surface area contributed by atoms with E-state index in [9.17, 15) is 36.2 Å². The lowest BCUT2D eigenvalue weighted by atomic mass is 9.89. The first kappa shape index (κ1) is 19.2. The second kappa shape index (κ2) is 6.00. The van der Waals surface area contributed by atoms with E-state index in [-0.39, 0.29) is 6.07 Å². The van der Waals surface area contributed by atoms with E-state index < -0.39 is 53.1 Å². The molecule has 0 saturated heterocycles. The summed E-state index contributed by atoms with van der Waals surface area (Å²) in [6.07, 6.45) is -11.0. The minimum atomic E-state index is -5.23. The molecule has 0 spiro atoms. The van der Waals surface area contributed by atoms with Gasteiger partial charge in [0.2, 0.25) is 0 Å². The smallest absolute Gasteiger partial charge is 0.421 e. The molecule has 0 aliphatic rings. The third-order valence-corrected chi connectivity index (χ3v) is 3.22. The molecule has 1 unspecified atom stereocenters. The van der Waals surface area contributed by atoms with Crippen LogP contribution >= 0.6 is 0 Å². The monoisotopic (exact) mass is 345 g/mol. The zero-order valence-corrected chi connectivity index (χ0v) is 11.7. The Morgan fingerprint density at radius 3 is 2.00 bits per heavy atom. The Bertz CT molecular complexity index is 594. The summed E-state index contributed by atoms with van der Waals surface area (Å²) in [6.45, 7) is 0.301. The van der Waals surface area contributed by atoms with Gasteiger partial charge in [-0.05, 0) is 30.2 Å². The van der Waals surface area contributed by atoms with Crippen molar-refractivity contribution in [3.05, 3.63) is 34.9 Å². The SMILES string of the molecule is CC(O)(c1cc([C@@H](N)CC(=O)O)cc(C(F)(F)F)c1)C(F)(F)F. The molecule has 0 radical (unpaired) electrons. The fourth-order valence-corrected chi connectivity index (χ4v) is 1.78. The molecule has 1 aromatic carbocycles. The number of carboxylic acid groups (broad SMARTS) is 1. The van der Waals surface area contributed by atoms with Gasteiger partial charge in [0.15, 0.2) is 5.60 Å². The molecule has 2 atom stereocenters. The summed E-state index contributed by atoms with van der Waals surface area (Å²) in [4.78, 5) is 10.6. The second-order valence-electron chi connectivity index (χ2n) is 5.12. The fourth-order valence-electron chi connectivity index (χ4n) is 1.78. The third-order valence-electron chi connectivity index (χ3n) is 3.22. The van der Waals surface area contributed by atoms with E-state index in [0.29, 0.717) is 19.1 Å². The molecule has 4 nitrogen and oxygen atoms in total. The molecular weight excluding hydrogens is 332 g/mol. The lowest BCUT2D eigenvalue weighted by Gasteiger charge is -2.28. The van der Waals surface area contributed by atoms with Crippen LogP contribution in [0.15, 0.2) is 18.2 Å². The summed E-state index contributed by atoms with van der Waals surface area (Å²) in [5.41, 5.74) is -1.14. The Morgan fingerprint density at radius 2 is 1.61 bits per heavy atom. The second-order valence-corrected chi connectivity index (χ2v) is 5.12. The largest absolute Gasteiger partial charge is 0.481 e. The van der Waals surface area contributed by atoms with E-state index in [2.05, 4.69) is 0 Å². The predicted molar refractivity (Wildman–Crippen MR) is 66.3 cm³/mol. The van der Waals surface area contributed by atoms with Crippen LogP contribution in [-0.2, 0) is 16.6 Å². The summed E-state index contributed by atoms with van der Waals surface area (Å²) in [5, 5.41) is 18.2. The predicted octanol–water partition coefficient (Wildman–Crippen LogP) is 2.95. The van der Waals surface area contributed by atoms with Crippen molar-refractivity contribution in [3.8, 4) is 0 Å². The number of carboxylic acids is 1. The van der Waals surface area contributed by atoms with Crippen molar-refractivity contribution in [2.24, 2.45) is 5.73 Å². The van der Waals surface area contributed by atoms with Crippen molar-refractivity contribution in [3.63, 3.8) is 0 Å². The van der Waals surface area contributed by atoms with Gasteiger partial charge in [-0.2, -0.15) is 26.3 Å². The molecule has 130 valence electrons. The first-order valence-electron chi connectivity index (χ1n) is 6.15. The minimum Gasteiger partial charge on any atom is -0.481 e. The van der Waals surface area contributed by atoms with E-state index >= 15 is 0 Å². The number of benzene rings is 1. The number of rotatable bonds is 4. The topological polar surface area (TPSA) is 83.5 Å². The molecule has 1 rings (SSSR count). The number of aliphatic carboxylic acids is 1. The number of hydrogen-bond donors (Lipinski definition) is 3. The fraction of sp³-hybridized carbons (Fsp3) is 0.462. The standard InChI is InChI=1S/C13H13F6NO3/c1-11(23,13(17,18)19)7-2-6(9(20)5-10(21)22)3-8(4-7)12(14,15)16/h2-4,9,23H,5,20H2,1H3,(H,21,22)/t9-,11?/m0/s1. The average molecular weight is 345 g/mol. The van der Waals surface area contributed by atoms with Gasteiger partial charge >= 0.3 is 18.3 Å². The molecule has 0 amide bonds. The van der Waals surface area contributed by atoms with Crippen LogP contribution in [0.4, 0.5) is 26.3 Å². The van der Waals surface area contributed by atoms with Crippen LogP contribution < -0.4 is 5.73 Å². The Kier molecular flexibility index (Phi) is 5.02. The van der Waals surface area contributed by atoms with Crippen LogP contribution in [0.2, 0.25) is 0 Å². The van der Waals surface area contributed by atoms with Crippen molar-refractivity contribution in [2.75, 3.05) is 0 Å². The van der Waals surface area contributed by atoms with Gasteiger partial charge in [0.05, 0.1) is 12.0 Å². The zero-order valence-electron chi connectivity index (χ0n) is 11.7. The van der Waals surface area contributed by atoms with Crippen LogP contribution in [0.1, 0.15) is 36.1 Å². The van der Waals surface area contributed by atoms with Crippen molar-refractivity contribution in [1.82, 2.24) is 0 Å². The number of carbonyl (C=O) groups is 1. The van der Waals surface area contributed by atoms with Crippen molar-refractivity contribution >= 4 is 5.97 Å². The lowest BCUT2D eigenvalue weighted by molar-refractivity contribution is -0.259. The van der Waals surface area contributed by atoms with Gasteiger partial charge < -0.3 is 15.9 Å². The van der Waals surface area contributed by atoms with Gasteiger partial charge in [-0.3, -0.25) is 4.79 Å². The molecule has 0 fully saturated rings. The van der Waals surface area contributed by atoms with Gasteiger partial charge in [0.1, 0.15) is 0 Å². The highest BCUT2D eigenvalue weighted by atomic mass is 19.4. The highest BCUT2D eigenvalue weighted by Gasteiger charge is 2.52. The summed E-state index contributed by atoms with van der Waals surface area (Å²) < 4.78 is 77.0. The first-order chi connectivity index (χ1) is 10.2. The van der Waals surface area contributed by atoms with Gasteiger partial charge in [-0.1, -0.05) is 6.07 Å². The summed E-state index contributed by atoms with van der Waals surface area (Å²) in [5.74, 6) is -1.43. The molecule has 10 heteroatoms. The van der Waals surface area contributed by atoms with Gasteiger partial charge in [-0.25, -0.2) is 0 Å². The average Bonchev–Trinajstić information content (AvgIpc) is 2.34. The highest BCUT2D eigenvalue weighted by molar-refractivity contribution is 5.68. The molecule has 0 saturated carbocycles. The minimum absolute atomic E-state index is 0.157. The van der Waals surface area contributed by atoms with Crippen molar-refractivity contribution < 1.29 is 41.4 Å². The first-order valence-corrected chi connectivity index (χ1v) is 6.15. The van der Waals surface area contributed by atoms with Gasteiger partial charge in [0, 0.05) is 6.04 Å². The number of alkyl halides is 6. The summed E-state index contributed by atoms with van der Waals surface area (Å²) in [6, 6.07) is -0.220. The Labute approximate surface area is 126 Å². The molecule has 0 aromatic heterocycles. The molecule has 4 N–H and O–H groups in total. The number of hydrogen-bond acceptors (Lipinski definition) is 3. The normalized spacial score (nSPS) is 16.7. The molecular formula is C13H13F6NO3. The van der Waals surface area contributed by atoms with Crippen LogP contribution in [0.25, 0.3) is 0 Å². The maximum absolute atomic E-state index is 12.8. The molecule has 0 bridgehead atoms. The molecule has 0 heterocycles. The summed E-state index contributed by atoms with van der Waals surface area (Å²) in [7, 11) is 0. The Balaban J connectivity index is 3.51. The Hall–Kier alpha value is -1.81. The van der Waals surface area contributed by atoms with Crippen LogP contribution in [0.3, 0.4) is 0 Å². The maximum Gasteiger partial charge on any atom is 0.421 e. The number of halogens is 6. The third kappa shape index (κ3) is 4.35. The van der Waals surface area contributed by atoms with Crippen LogP contribution in [0, 0.1) is 0 Å². The lowest BCUT2D eigenvalue weighted by Crippen LogP contribution is -2.39. The van der Waals surface area contributed by atoms with Crippen molar-refractivity contribution in [2.45, 2.75) is 37.3 Å². The van der Waals surface area contributed by atoms with E-state index in [1.807, 2.05) is 0 Å². The molecule has 1 aromatic rings. The number of nitrogens with two attached hydrogens (primary N) is 1. The van der Waals surface area contributed by atoms with Crippen LogP contribution in [-0.4, -0.2) is 22.4 Å². The van der Waals surface area contributed by atoms with E-state index in [1.54, 1.807) is 0 Å². The van der Waals surface area contributed by atoms with Crippen LogP contribution in [0.5, 0.6) is 0 Å². The molecule has 23 heavy (non-hydrogen) atoms. The molecule has 0 aliphatic carbocycles. The van der Waals surface area contributed by atoms with E-state index in [1.165, 1.54) is 0 Å². The maximum atomic E-state index is 12.8. The zero-order chi connectivity index (χ0) is 18.2. The summed E-state index contributed by atoms with van der Waals surface area (Å²) >= 11 is 0. The highest BCUT2D eigenvalue weighted by Crippen LogP contribution is 2.41. The Morgan fingerprint density at radius 1 is 1.13 bits per heavy atom. The van der Waals surface area contributed by atoms with Crippen molar-refractivity contribution in [1.29, 1.82) is 0 Å². The number of aliphatic hydroxyl groups is 1. The van der Waals surface area contributed by atoms with Gasteiger partial charge in [0.25, 0.3) is 0 Å².